The Morgan fingerprint density at radius 2 is 1.63 bits per heavy atom. The fourth-order valence-corrected chi connectivity index (χ4v) is 2.56. The molecule has 4 heteroatoms. The summed E-state index contributed by atoms with van der Waals surface area (Å²) in [6.45, 7) is 22.6. The number of carbonyl (C=O) groups is 1. The zero-order valence-electron chi connectivity index (χ0n) is 21.6. The van der Waals surface area contributed by atoms with Crippen LogP contribution in [-0.2, 0) is 4.74 Å². The Balaban J connectivity index is -0.00000171. The van der Waals surface area contributed by atoms with E-state index in [-0.39, 0.29) is 6.09 Å². The van der Waals surface area contributed by atoms with Crippen molar-refractivity contribution in [2.75, 3.05) is 13.1 Å². The van der Waals surface area contributed by atoms with Crippen LogP contribution in [0.15, 0.2) is 36.0 Å². The van der Waals surface area contributed by atoms with Gasteiger partial charge in [-0.05, 0) is 60.8 Å². The SMILES string of the molecule is CC.CC.C\C=C/C=C\C(=C/C)CC(C#N)(CC)CCN(CC)C(=O)OC(C)(C)C. The van der Waals surface area contributed by atoms with Crippen molar-refractivity contribution < 1.29 is 9.53 Å². The molecule has 0 aliphatic carbocycles. The Morgan fingerprint density at radius 1 is 1.07 bits per heavy atom. The number of nitriles is 1. The van der Waals surface area contributed by atoms with Crippen LogP contribution in [0.5, 0.6) is 0 Å². The van der Waals surface area contributed by atoms with Crippen LogP contribution in [0.3, 0.4) is 0 Å². The van der Waals surface area contributed by atoms with E-state index < -0.39 is 11.0 Å². The zero-order chi connectivity index (χ0) is 24.2. The van der Waals surface area contributed by atoms with E-state index in [1.165, 1.54) is 0 Å². The van der Waals surface area contributed by atoms with Crippen molar-refractivity contribution in [1.29, 1.82) is 5.26 Å². The molecule has 0 saturated carbocycles. The molecule has 1 unspecified atom stereocenters. The van der Waals surface area contributed by atoms with Crippen molar-refractivity contribution in [3.63, 3.8) is 0 Å². The van der Waals surface area contributed by atoms with Crippen molar-refractivity contribution in [1.82, 2.24) is 4.90 Å². The highest BCUT2D eigenvalue weighted by molar-refractivity contribution is 5.68. The molecule has 0 aliphatic rings. The Kier molecular flexibility index (Phi) is 20.6. The Hall–Kier alpha value is -2.02. The molecule has 174 valence electrons. The van der Waals surface area contributed by atoms with Gasteiger partial charge in [0, 0.05) is 13.1 Å². The van der Waals surface area contributed by atoms with Gasteiger partial charge >= 0.3 is 6.09 Å². The molecule has 30 heavy (non-hydrogen) atoms. The molecule has 0 aromatic heterocycles. The summed E-state index contributed by atoms with van der Waals surface area (Å²) in [4.78, 5) is 14.0. The molecular weight excluding hydrogens is 372 g/mol. The minimum atomic E-state index is -0.517. The quantitative estimate of drug-likeness (QED) is 0.354. The lowest BCUT2D eigenvalue weighted by Crippen LogP contribution is -2.39. The van der Waals surface area contributed by atoms with E-state index in [1.807, 2.05) is 107 Å². The average Bonchev–Trinajstić information content (AvgIpc) is 2.74. The zero-order valence-corrected chi connectivity index (χ0v) is 21.6. The first-order valence-electron chi connectivity index (χ1n) is 11.5. The molecular formula is C26H48N2O2. The number of amides is 1. The molecule has 0 radical (unpaired) electrons. The maximum absolute atomic E-state index is 12.3. The predicted octanol–water partition coefficient (Wildman–Crippen LogP) is 8.07. The number of hydrogen-bond acceptors (Lipinski definition) is 3. The smallest absolute Gasteiger partial charge is 0.410 e. The molecule has 0 saturated heterocycles. The number of nitrogens with zero attached hydrogens (tertiary/aromatic N) is 2. The average molecular weight is 421 g/mol. The van der Waals surface area contributed by atoms with Gasteiger partial charge in [-0.3, -0.25) is 0 Å². The summed E-state index contributed by atoms with van der Waals surface area (Å²) >= 11 is 0. The summed E-state index contributed by atoms with van der Waals surface area (Å²) in [5.74, 6) is 0. The summed E-state index contributed by atoms with van der Waals surface area (Å²) in [6.07, 6.45) is 11.8. The van der Waals surface area contributed by atoms with Gasteiger partial charge in [-0.1, -0.05) is 70.6 Å². The second kappa shape index (κ2) is 19.0. The summed E-state index contributed by atoms with van der Waals surface area (Å²) in [6, 6.07) is 2.52. The van der Waals surface area contributed by atoms with E-state index in [9.17, 15) is 10.1 Å². The molecule has 1 atom stereocenters. The van der Waals surface area contributed by atoms with Crippen LogP contribution in [0.1, 0.15) is 95.4 Å². The van der Waals surface area contributed by atoms with Crippen molar-refractivity contribution in [2.45, 2.75) is 101 Å². The van der Waals surface area contributed by atoms with Gasteiger partial charge in [0.05, 0.1) is 11.5 Å². The number of carbonyl (C=O) groups excluding carboxylic acids is 1. The fraction of sp³-hybridized carbons (Fsp3) is 0.692. The van der Waals surface area contributed by atoms with Gasteiger partial charge in [-0.2, -0.15) is 5.26 Å². The number of rotatable bonds is 9. The largest absolute Gasteiger partial charge is 0.444 e. The highest BCUT2D eigenvalue weighted by Crippen LogP contribution is 2.34. The van der Waals surface area contributed by atoms with Crippen molar-refractivity contribution in [3.8, 4) is 6.07 Å². The van der Waals surface area contributed by atoms with E-state index in [0.29, 0.717) is 25.9 Å². The lowest BCUT2D eigenvalue weighted by atomic mass is 9.77. The van der Waals surface area contributed by atoms with E-state index in [2.05, 4.69) is 6.07 Å². The molecule has 4 nitrogen and oxygen atoms in total. The van der Waals surface area contributed by atoms with Crippen molar-refractivity contribution in [3.05, 3.63) is 36.0 Å². The molecule has 0 bridgehead atoms. The normalized spacial score (nSPS) is 13.5. The predicted molar refractivity (Wildman–Crippen MR) is 131 cm³/mol. The highest BCUT2D eigenvalue weighted by atomic mass is 16.6. The van der Waals surface area contributed by atoms with Gasteiger partial charge < -0.3 is 9.64 Å². The van der Waals surface area contributed by atoms with Gasteiger partial charge in [-0.25, -0.2) is 4.79 Å². The number of allylic oxidation sites excluding steroid dienone is 6. The summed E-state index contributed by atoms with van der Waals surface area (Å²) in [5.41, 5.74) is 0.126. The van der Waals surface area contributed by atoms with Crippen LogP contribution in [0, 0.1) is 16.7 Å². The lowest BCUT2D eigenvalue weighted by Gasteiger charge is -2.31. The van der Waals surface area contributed by atoms with Crippen LogP contribution >= 0.6 is 0 Å². The van der Waals surface area contributed by atoms with Gasteiger partial charge in [0.25, 0.3) is 0 Å². The maximum Gasteiger partial charge on any atom is 0.410 e. The second-order valence-electron chi connectivity index (χ2n) is 7.48. The summed E-state index contributed by atoms with van der Waals surface area (Å²) in [7, 11) is 0. The van der Waals surface area contributed by atoms with E-state index in [1.54, 1.807) is 4.90 Å². The molecule has 0 rings (SSSR count). The lowest BCUT2D eigenvalue weighted by molar-refractivity contribution is 0.0242. The van der Waals surface area contributed by atoms with Crippen LogP contribution in [0.4, 0.5) is 4.79 Å². The molecule has 0 spiro atoms. The Labute approximate surface area is 187 Å². The van der Waals surface area contributed by atoms with Gasteiger partial charge in [-0.15, -0.1) is 0 Å². The fourth-order valence-electron chi connectivity index (χ4n) is 2.56. The van der Waals surface area contributed by atoms with Crippen molar-refractivity contribution in [2.24, 2.45) is 5.41 Å². The minimum absolute atomic E-state index is 0.317. The molecule has 0 fully saturated rings. The van der Waals surface area contributed by atoms with E-state index >= 15 is 0 Å². The first-order valence-corrected chi connectivity index (χ1v) is 11.5. The first-order chi connectivity index (χ1) is 14.2. The maximum atomic E-state index is 12.3. The molecule has 0 aromatic rings. The molecule has 0 aromatic carbocycles. The number of hydrogen-bond donors (Lipinski definition) is 0. The van der Waals surface area contributed by atoms with Gasteiger partial charge in [0.15, 0.2) is 0 Å². The van der Waals surface area contributed by atoms with Gasteiger partial charge in [0.1, 0.15) is 5.60 Å². The first kappa shape index (κ1) is 32.6. The van der Waals surface area contributed by atoms with Crippen molar-refractivity contribution >= 4 is 6.09 Å². The third kappa shape index (κ3) is 14.9. The molecule has 0 heterocycles. The summed E-state index contributed by atoms with van der Waals surface area (Å²) < 4.78 is 5.46. The monoisotopic (exact) mass is 420 g/mol. The Morgan fingerprint density at radius 3 is 2.00 bits per heavy atom. The summed E-state index contributed by atoms with van der Waals surface area (Å²) in [5, 5.41) is 9.85. The van der Waals surface area contributed by atoms with Crippen LogP contribution in [-0.4, -0.2) is 29.7 Å². The van der Waals surface area contributed by atoms with Crippen LogP contribution < -0.4 is 0 Å². The number of ether oxygens (including phenoxy) is 1. The highest BCUT2D eigenvalue weighted by Gasteiger charge is 2.30. The van der Waals surface area contributed by atoms with Gasteiger partial charge in [0.2, 0.25) is 0 Å². The van der Waals surface area contributed by atoms with Crippen LogP contribution in [0.2, 0.25) is 0 Å². The molecule has 0 N–H and O–H groups in total. The van der Waals surface area contributed by atoms with E-state index in [0.717, 1.165) is 12.0 Å². The third-order valence-corrected chi connectivity index (χ3v) is 4.33. The minimum Gasteiger partial charge on any atom is -0.444 e. The second-order valence-corrected chi connectivity index (χ2v) is 7.48. The Bertz CT molecular complexity index is 563. The molecule has 0 aliphatic heterocycles. The standard InChI is InChI=1S/C22H36N2O2.2C2H6/c1-8-12-13-14-19(9-2)17-22(10-3,18-23)15-16-24(11-4)20(25)26-21(5,6)7;2*1-2/h8-9,12-14H,10-11,15-17H2,1-7H3;2*1-2H3/b12-8-,14-13-,19-9+;;. The topological polar surface area (TPSA) is 53.3 Å². The van der Waals surface area contributed by atoms with E-state index in [4.69, 9.17) is 4.74 Å². The van der Waals surface area contributed by atoms with Crippen LogP contribution in [0.25, 0.3) is 0 Å². The third-order valence-electron chi connectivity index (χ3n) is 4.33. The molecule has 1 amide bonds.